The van der Waals surface area contributed by atoms with Crippen molar-refractivity contribution in [2.75, 3.05) is 5.75 Å². The first-order valence-electron chi connectivity index (χ1n) is 10.2. The Kier molecular flexibility index (Phi) is 5.29. The first-order chi connectivity index (χ1) is 16.7. The molecular formula is C22H15N3O9S. The van der Waals surface area contributed by atoms with Gasteiger partial charge in [0, 0.05) is 12.1 Å². The summed E-state index contributed by atoms with van der Waals surface area (Å²) >= 11 is -1.91. The first kappa shape index (κ1) is 22.6. The molecule has 0 spiro atoms. The topological polar surface area (TPSA) is 170 Å². The second kappa shape index (κ2) is 8.21. The highest BCUT2D eigenvalue weighted by atomic mass is 32.2. The molecule has 3 heterocycles. The Hall–Kier alpha value is -4.23. The van der Waals surface area contributed by atoms with Crippen LogP contribution < -0.4 is 0 Å². The molecule has 5 rings (SSSR count). The van der Waals surface area contributed by atoms with E-state index in [4.69, 9.17) is 4.74 Å². The number of non-ortho nitro benzene ring substituents is 1. The zero-order valence-electron chi connectivity index (χ0n) is 17.7. The fourth-order valence-corrected chi connectivity index (χ4v) is 5.77. The summed E-state index contributed by atoms with van der Waals surface area (Å²) in [6.07, 6.45) is 0. The molecule has 2 aromatic carbocycles. The third-order valence-electron chi connectivity index (χ3n) is 5.89. The highest BCUT2D eigenvalue weighted by Crippen LogP contribution is 2.41. The molecule has 13 heteroatoms. The number of hydrogen-bond donors (Lipinski definition) is 1. The predicted molar refractivity (Wildman–Crippen MR) is 117 cm³/mol. The number of benzene rings is 2. The number of ether oxygens (including phenoxy) is 1. The summed E-state index contributed by atoms with van der Waals surface area (Å²) in [6, 6.07) is 9.85. The second-order valence-corrected chi connectivity index (χ2v) is 9.42. The summed E-state index contributed by atoms with van der Waals surface area (Å²) in [5, 5.41) is 19.8. The van der Waals surface area contributed by atoms with Gasteiger partial charge in [-0.2, -0.15) is 0 Å². The normalized spacial score (nSPS) is 23.1. The Morgan fingerprint density at radius 2 is 1.66 bits per heavy atom. The number of amides is 3. The van der Waals surface area contributed by atoms with Gasteiger partial charge in [0.2, 0.25) is 5.37 Å². The number of aliphatic hydroxyl groups is 1. The van der Waals surface area contributed by atoms with Crippen LogP contribution in [0.4, 0.5) is 5.69 Å². The van der Waals surface area contributed by atoms with E-state index in [1.807, 2.05) is 0 Å². The smallest absolute Gasteiger partial charge is 0.359 e. The standard InChI is InChI=1S/C22H15N3O9S/c26-15-10-35(33)21-17(23-18(27)13-3-1-2-4-14(13)19(23)28)20(29)24(21)16(15)22(30)34-9-11-5-7-12(8-6-11)25(31)32/h1-8,17,21,26H,9-10H2/t17?,21-,35?/m1/s1. The minimum Gasteiger partial charge on any atom is -0.614 e. The van der Waals surface area contributed by atoms with Crippen LogP contribution in [0.3, 0.4) is 0 Å². The highest BCUT2D eigenvalue weighted by molar-refractivity contribution is 7.92. The molecule has 0 aliphatic carbocycles. The number of fused-ring (bicyclic) bond motifs is 2. The van der Waals surface area contributed by atoms with Crippen molar-refractivity contribution in [3.05, 3.63) is 86.8 Å². The Bertz CT molecular complexity index is 1300. The molecule has 1 saturated heterocycles. The van der Waals surface area contributed by atoms with E-state index in [2.05, 4.69) is 0 Å². The first-order valence-corrected chi connectivity index (χ1v) is 11.6. The van der Waals surface area contributed by atoms with Crippen LogP contribution >= 0.6 is 0 Å². The Morgan fingerprint density at radius 3 is 2.23 bits per heavy atom. The number of β-lactam (4-membered cyclic amide) rings is 1. The summed E-state index contributed by atoms with van der Waals surface area (Å²) in [4.78, 5) is 63.1. The van der Waals surface area contributed by atoms with E-state index in [-0.39, 0.29) is 23.4 Å². The monoisotopic (exact) mass is 497 g/mol. The maximum atomic E-state index is 13.0. The van der Waals surface area contributed by atoms with Gasteiger partial charge in [0.05, 0.1) is 16.1 Å². The minimum atomic E-state index is -1.91. The van der Waals surface area contributed by atoms with E-state index in [0.717, 1.165) is 9.80 Å². The third-order valence-corrected chi connectivity index (χ3v) is 7.46. The predicted octanol–water partition coefficient (Wildman–Crippen LogP) is 1.00. The highest BCUT2D eigenvalue weighted by Gasteiger charge is 2.66. The quantitative estimate of drug-likeness (QED) is 0.158. The number of nitrogens with zero attached hydrogens (tertiary/aromatic N) is 3. The molecule has 12 nitrogen and oxygen atoms in total. The summed E-state index contributed by atoms with van der Waals surface area (Å²) in [6.45, 7) is -0.314. The molecule has 0 bridgehead atoms. The molecule has 35 heavy (non-hydrogen) atoms. The molecule has 0 aromatic heterocycles. The fourth-order valence-electron chi connectivity index (χ4n) is 4.22. The molecule has 3 amide bonds. The van der Waals surface area contributed by atoms with E-state index in [9.17, 15) is 39.0 Å². The largest absolute Gasteiger partial charge is 0.614 e. The van der Waals surface area contributed by atoms with Crippen LogP contribution in [-0.2, 0) is 32.1 Å². The SMILES string of the molecule is O=C(OCc1ccc([N+](=O)[O-])cc1)C1=C(O)C[S+]([O-])[C@@H]2C(N3C(=O)c4ccccc4C3=O)C(=O)N12. The maximum absolute atomic E-state index is 13.0. The van der Waals surface area contributed by atoms with E-state index < -0.39 is 68.4 Å². The summed E-state index contributed by atoms with van der Waals surface area (Å²) in [7, 11) is 0. The van der Waals surface area contributed by atoms with Crippen molar-refractivity contribution in [1.29, 1.82) is 0 Å². The Morgan fingerprint density at radius 1 is 1.06 bits per heavy atom. The number of carbonyl (C=O) groups excluding carboxylic acids is 4. The summed E-state index contributed by atoms with van der Waals surface area (Å²) in [5.74, 6) is -4.45. The van der Waals surface area contributed by atoms with Crippen molar-refractivity contribution in [2.45, 2.75) is 18.0 Å². The third kappa shape index (κ3) is 3.43. The number of nitro benzene ring substituents is 1. The minimum absolute atomic E-state index is 0.117. The average molecular weight is 497 g/mol. The van der Waals surface area contributed by atoms with Gasteiger partial charge in [-0.3, -0.25) is 34.3 Å². The molecule has 2 unspecified atom stereocenters. The van der Waals surface area contributed by atoms with Crippen LogP contribution in [0.15, 0.2) is 60.0 Å². The van der Waals surface area contributed by atoms with Crippen molar-refractivity contribution < 1.29 is 38.5 Å². The molecule has 0 saturated carbocycles. The van der Waals surface area contributed by atoms with Gasteiger partial charge in [-0.15, -0.1) is 0 Å². The Balaban J connectivity index is 1.35. The van der Waals surface area contributed by atoms with Gasteiger partial charge in [-0.25, -0.2) is 4.79 Å². The zero-order valence-corrected chi connectivity index (χ0v) is 18.5. The van der Waals surface area contributed by atoms with E-state index in [1.54, 1.807) is 12.1 Å². The van der Waals surface area contributed by atoms with Gasteiger partial charge >= 0.3 is 5.97 Å². The fraction of sp³-hybridized carbons (Fsp3) is 0.182. The van der Waals surface area contributed by atoms with Gasteiger partial charge in [-0.1, -0.05) is 12.1 Å². The van der Waals surface area contributed by atoms with Crippen LogP contribution in [0.25, 0.3) is 0 Å². The lowest BCUT2D eigenvalue weighted by molar-refractivity contribution is -0.384. The van der Waals surface area contributed by atoms with Crippen molar-refractivity contribution >= 4 is 40.6 Å². The van der Waals surface area contributed by atoms with Crippen LogP contribution in [0.5, 0.6) is 0 Å². The van der Waals surface area contributed by atoms with Gasteiger partial charge in [-0.05, 0) is 41.0 Å². The number of imide groups is 1. The maximum Gasteiger partial charge on any atom is 0.359 e. The van der Waals surface area contributed by atoms with Crippen molar-refractivity contribution in [3.63, 3.8) is 0 Å². The van der Waals surface area contributed by atoms with E-state index >= 15 is 0 Å². The van der Waals surface area contributed by atoms with Gasteiger partial charge in [0.1, 0.15) is 6.61 Å². The molecular weight excluding hydrogens is 482 g/mol. The van der Waals surface area contributed by atoms with Crippen molar-refractivity contribution in [2.24, 2.45) is 0 Å². The molecule has 3 aliphatic heterocycles. The number of esters is 1. The molecule has 3 aliphatic rings. The summed E-state index contributed by atoms with van der Waals surface area (Å²) < 4.78 is 17.9. The molecule has 0 radical (unpaired) electrons. The second-order valence-electron chi connectivity index (χ2n) is 7.89. The number of nitro groups is 1. The lowest BCUT2D eigenvalue weighted by Crippen LogP contribution is -2.75. The average Bonchev–Trinajstić information content (AvgIpc) is 3.08. The lowest BCUT2D eigenvalue weighted by Gasteiger charge is -2.50. The molecule has 2 aromatic rings. The number of carbonyl (C=O) groups is 4. The van der Waals surface area contributed by atoms with Gasteiger partial charge in [0.15, 0.2) is 23.3 Å². The molecule has 178 valence electrons. The van der Waals surface area contributed by atoms with Crippen LogP contribution in [0.2, 0.25) is 0 Å². The lowest BCUT2D eigenvalue weighted by atomic mass is 10.0. The zero-order chi connectivity index (χ0) is 25.0. The Labute approximate surface area is 199 Å². The summed E-state index contributed by atoms with van der Waals surface area (Å²) in [5.41, 5.74) is -0.0190. The van der Waals surface area contributed by atoms with E-state index in [0.29, 0.717) is 5.56 Å². The van der Waals surface area contributed by atoms with Crippen LogP contribution in [0, 0.1) is 10.1 Å². The van der Waals surface area contributed by atoms with Crippen LogP contribution in [-0.4, -0.2) is 65.2 Å². The van der Waals surface area contributed by atoms with Crippen molar-refractivity contribution in [1.82, 2.24) is 9.80 Å². The number of aliphatic hydroxyl groups excluding tert-OH is 1. The van der Waals surface area contributed by atoms with E-state index in [1.165, 1.54) is 36.4 Å². The number of hydrogen-bond acceptors (Lipinski definition) is 9. The molecule has 3 atom stereocenters. The van der Waals surface area contributed by atoms with Gasteiger partial charge in [0.25, 0.3) is 23.4 Å². The molecule has 1 fully saturated rings. The van der Waals surface area contributed by atoms with Gasteiger partial charge < -0.3 is 14.4 Å². The number of rotatable bonds is 5. The molecule has 1 N–H and O–H groups in total. The van der Waals surface area contributed by atoms with Crippen LogP contribution in [0.1, 0.15) is 26.3 Å². The van der Waals surface area contributed by atoms with Crippen molar-refractivity contribution in [3.8, 4) is 0 Å².